The molecule has 0 aliphatic rings. The lowest BCUT2D eigenvalue weighted by Crippen LogP contribution is -2.37. The first-order valence-corrected chi connectivity index (χ1v) is 8.11. The molecule has 0 spiro atoms. The van der Waals surface area contributed by atoms with Crippen LogP contribution in [0.1, 0.15) is 51.0 Å². The maximum Gasteiger partial charge on any atom is 0.265 e. The van der Waals surface area contributed by atoms with Crippen molar-refractivity contribution in [1.82, 2.24) is 14.9 Å². The van der Waals surface area contributed by atoms with Crippen molar-refractivity contribution in [2.45, 2.75) is 53.5 Å². The van der Waals surface area contributed by atoms with Gasteiger partial charge in [0.05, 0.1) is 0 Å². The van der Waals surface area contributed by atoms with Crippen molar-refractivity contribution < 1.29 is 9.21 Å². The highest BCUT2D eigenvalue weighted by molar-refractivity contribution is 5.81. The summed E-state index contributed by atoms with van der Waals surface area (Å²) in [6.07, 6.45) is 2.84. The number of furan rings is 1. The van der Waals surface area contributed by atoms with Gasteiger partial charge < -0.3 is 9.73 Å². The van der Waals surface area contributed by atoms with Crippen LogP contribution in [-0.4, -0.2) is 22.0 Å². The molecule has 23 heavy (non-hydrogen) atoms. The molecule has 2 aromatic rings. The minimum atomic E-state index is -0.554. The Morgan fingerprint density at radius 1 is 1.39 bits per heavy atom. The van der Waals surface area contributed by atoms with Crippen molar-refractivity contribution in [3.8, 4) is 0 Å². The average molecular weight is 319 g/mol. The number of nitrogens with one attached hydrogen (secondary N) is 1. The molecular formula is C17H25N3O3. The van der Waals surface area contributed by atoms with Crippen LogP contribution in [0, 0.1) is 19.8 Å². The maximum atomic E-state index is 12.7. The molecule has 0 fully saturated rings. The van der Waals surface area contributed by atoms with Crippen LogP contribution in [0.3, 0.4) is 0 Å². The first kappa shape index (κ1) is 17.2. The van der Waals surface area contributed by atoms with E-state index in [1.807, 2.05) is 13.8 Å². The Labute approximate surface area is 135 Å². The number of hydrogen-bond acceptors (Lipinski definition) is 4. The lowest BCUT2D eigenvalue weighted by atomic mass is 10.1. The Morgan fingerprint density at radius 3 is 2.70 bits per heavy atom. The third kappa shape index (κ3) is 3.46. The Morgan fingerprint density at radius 2 is 2.09 bits per heavy atom. The molecule has 1 amide bonds. The normalized spacial score (nSPS) is 12.8. The highest BCUT2D eigenvalue weighted by atomic mass is 16.3. The smallest absolute Gasteiger partial charge is 0.265 e. The molecule has 0 unspecified atom stereocenters. The van der Waals surface area contributed by atoms with Gasteiger partial charge in [-0.05, 0) is 32.6 Å². The van der Waals surface area contributed by atoms with Gasteiger partial charge in [0.15, 0.2) is 0 Å². The Kier molecular flexibility index (Phi) is 5.23. The number of nitrogens with zero attached hydrogens (tertiary/aromatic N) is 2. The Hall–Kier alpha value is -2.11. The summed E-state index contributed by atoms with van der Waals surface area (Å²) in [7, 11) is 0. The van der Waals surface area contributed by atoms with Gasteiger partial charge >= 0.3 is 0 Å². The lowest BCUT2D eigenvalue weighted by Gasteiger charge is -2.17. The fourth-order valence-electron chi connectivity index (χ4n) is 2.58. The van der Waals surface area contributed by atoms with Crippen LogP contribution in [0.4, 0.5) is 0 Å². The third-order valence-electron chi connectivity index (χ3n) is 4.16. The SMILES string of the molecule is CC[C@H](C(=O)NCCC(C)C)n1cnc2oc(C)c(C)c2c1=O. The minimum absolute atomic E-state index is 0.144. The summed E-state index contributed by atoms with van der Waals surface area (Å²) < 4.78 is 6.89. The zero-order chi connectivity index (χ0) is 17.1. The first-order chi connectivity index (χ1) is 10.9. The van der Waals surface area contributed by atoms with Gasteiger partial charge in [-0.25, -0.2) is 4.98 Å². The van der Waals surface area contributed by atoms with Crippen LogP contribution < -0.4 is 10.9 Å². The van der Waals surface area contributed by atoms with Crippen molar-refractivity contribution in [2.24, 2.45) is 5.92 Å². The number of rotatable bonds is 6. The van der Waals surface area contributed by atoms with E-state index in [4.69, 9.17) is 4.42 Å². The van der Waals surface area contributed by atoms with Gasteiger partial charge in [0.1, 0.15) is 23.5 Å². The van der Waals surface area contributed by atoms with Gasteiger partial charge in [0.2, 0.25) is 11.6 Å². The van der Waals surface area contributed by atoms with E-state index < -0.39 is 6.04 Å². The zero-order valence-corrected chi connectivity index (χ0v) is 14.5. The van der Waals surface area contributed by atoms with E-state index in [0.29, 0.717) is 35.7 Å². The van der Waals surface area contributed by atoms with Crippen molar-refractivity contribution >= 4 is 17.0 Å². The summed E-state index contributed by atoms with van der Waals surface area (Å²) in [5, 5.41) is 3.37. The quantitative estimate of drug-likeness (QED) is 0.888. The molecular weight excluding hydrogens is 294 g/mol. The molecule has 0 bridgehead atoms. The van der Waals surface area contributed by atoms with E-state index in [1.54, 1.807) is 6.92 Å². The van der Waals surface area contributed by atoms with Gasteiger partial charge in [-0.15, -0.1) is 0 Å². The molecule has 0 radical (unpaired) electrons. The molecule has 1 atom stereocenters. The molecule has 0 saturated heterocycles. The van der Waals surface area contributed by atoms with Gasteiger partial charge in [0, 0.05) is 12.1 Å². The van der Waals surface area contributed by atoms with Crippen molar-refractivity contribution in [3.63, 3.8) is 0 Å². The Bertz CT molecular complexity index is 758. The van der Waals surface area contributed by atoms with E-state index in [-0.39, 0.29) is 11.5 Å². The molecule has 2 rings (SSSR count). The van der Waals surface area contributed by atoms with Gasteiger partial charge in [-0.3, -0.25) is 14.2 Å². The molecule has 0 aliphatic heterocycles. The van der Waals surface area contributed by atoms with E-state index in [1.165, 1.54) is 10.9 Å². The predicted octanol–water partition coefficient (Wildman–Crippen LogP) is 2.72. The molecule has 2 heterocycles. The standard InChI is InChI=1S/C17H25N3O3/c1-6-13(15(21)18-8-7-10(2)3)20-9-19-16-14(17(20)22)11(4)12(5)23-16/h9-10,13H,6-8H2,1-5H3,(H,18,21)/t13-/m1/s1. The molecule has 0 aliphatic carbocycles. The summed E-state index contributed by atoms with van der Waals surface area (Å²) in [5.41, 5.74) is 0.883. The second kappa shape index (κ2) is 6.98. The van der Waals surface area contributed by atoms with Gasteiger partial charge in [0.25, 0.3) is 5.56 Å². The van der Waals surface area contributed by atoms with Crippen molar-refractivity contribution in [2.75, 3.05) is 6.54 Å². The third-order valence-corrected chi connectivity index (χ3v) is 4.16. The van der Waals surface area contributed by atoms with Gasteiger partial charge in [-0.2, -0.15) is 0 Å². The van der Waals surface area contributed by atoms with Crippen LogP contribution in [0.5, 0.6) is 0 Å². The monoisotopic (exact) mass is 319 g/mol. The largest absolute Gasteiger partial charge is 0.443 e. The summed E-state index contributed by atoms with van der Waals surface area (Å²) in [5.74, 6) is 1.05. The summed E-state index contributed by atoms with van der Waals surface area (Å²) in [6, 6.07) is -0.554. The van der Waals surface area contributed by atoms with E-state index in [0.717, 1.165) is 12.0 Å². The summed E-state index contributed by atoms with van der Waals surface area (Å²) in [6.45, 7) is 10.3. The second-order valence-corrected chi connectivity index (χ2v) is 6.32. The molecule has 1 N–H and O–H groups in total. The molecule has 2 aromatic heterocycles. The number of amides is 1. The summed E-state index contributed by atoms with van der Waals surface area (Å²) >= 11 is 0. The second-order valence-electron chi connectivity index (χ2n) is 6.32. The van der Waals surface area contributed by atoms with Crippen molar-refractivity contribution in [1.29, 1.82) is 0 Å². The van der Waals surface area contributed by atoms with Crippen molar-refractivity contribution in [3.05, 3.63) is 28.0 Å². The summed E-state index contributed by atoms with van der Waals surface area (Å²) in [4.78, 5) is 29.3. The number of carbonyl (C=O) groups excluding carboxylic acids is 1. The molecule has 6 heteroatoms. The topological polar surface area (TPSA) is 77.1 Å². The lowest BCUT2D eigenvalue weighted by molar-refractivity contribution is -0.124. The highest BCUT2D eigenvalue weighted by Gasteiger charge is 2.22. The maximum absolute atomic E-state index is 12.7. The number of fused-ring (bicyclic) bond motifs is 1. The molecule has 6 nitrogen and oxygen atoms in total. The van der Waals surface area contributed by atoms with E-state index in [9.17, 15) is 9.59 Å². The number of aromatic nitrogens is 2. The fourth-order valence-corrected chi connectivity index (χ4v) is 2.58. The number of hydrogen-bond donors (Lipinski definition) is 1. The zero-order valence-electron chi connectivity index (χ0n) is 14.5. The Balaban J connectivity index is 2.33. The van der Waals surface area contributed by atoms with E-state index >= 15 is 0 Å². The fraction of sp³-hybridized carbons (Fsp3) is 0.588. The van der Waals surface area contributed by atoms with Crippen LogP contribution in [0.25, 0.3) is 11.1 Å². The van der Waals surface area contributed by atoms with Gasteiger partial charge in [-0.1, -0.05) is 20.8 Å². The predicted molar refractivity (Wildman–Crippen MR) is 89.5 cm³/mol. The molecule has 0 aromatic carbocycles. The molecule has 0 saturated carbocycles. The average Bonchev–Trinajstić information content (AvgIpc) is 2.77. The van der Waals surface area contributed by atoms with Crippen LogP contribution >= 0.6 is 0 Å². The van der Waals surface area contributed by atoms with E-state index in [2.05, 4.69) is 24.1 Å². The minimum Gasteiger partial charge on any atom is -0.443 e. The van der Waals surface area contributed by atoms with Crippen LogP contribution in [-0.2, 0) is 4.79 Å². The highest BCUT2D eigenvalue weighted by Crippen LogP contribution is 2.20. The van der Waals surface area contributed by atoms with Crippen LogP contribution in [0.2, 0.25) is 0 Å². The number of aryl methyl sites for hydroxylation is 2. The number of carbonyl (C=O) groups is 1. The molecule has 126 valence electrons. The first-order valence-electron chi connectivity index (χ1n) is 8.11. The van der Waals surface area contributed by atoms with Crippen LogP contribution in [0.15, 0.2) is 15.5 Å².